The van der Waals surface area contributed by atoms with E-state index in [4.69, 9.17) is 14.2 Å². The van der Waals surface area contributed by atoms with Crippen LogP contribution >= 0.6 is 0 Å². The van der Waals surface area contributed by atoms with E-state index in [-0.39, 0.29) is 11.2 Å². The first-order valence-electron chi connectivity index (χ1n) is 5.39. The Morgan fingerprint density at radius 2 is 1.50 bits per heavy atom. The largest absolute Gasteiger partial charge is 0.370 e. The van der Waals surface area contributed by atoms with E-state index in [1.807, 2.05) is 0 Å². The van der Waals surface area contributed by atoms with E-state index in [9.17, 15) is 0 Å². The second-order valence-electron chi connectivity index (χ2n) is 4.51. The molecule has 0 aromatic carbocycles. The minimum absolute atomic E-state index is 0.153. The molecule has 1 saturated heterocycles. The molecule has 0 aliphatic carbocycles. The van der Waals surface area contributed by atoms with Gasteiger partial charge >= 0.3 is 0 Å². The molecular formula is C11H22O3. The Kier molecular flexibility index (Phi) is 3.93. The lowest BCUT2D eigenvalue weighted by molar-refractivity contribution is -0.233. The summed E-state index contributed by atoms with van der Waals surface area (Å²) in [7, 11) is 0. The number of hydrogen-bond acceptors (Lipinski definition) is 3. The zero-order chi connectivity index (χ0) is 10.7. The van der Waals surface area contributed by atoms with Gasteiger partial charge in [0, 0.05) is 0 Å². The van der Waals surface area contributed by atoms with Gasteiger partial charge in [-0.1, -0.05) is 13.8 Å². The molecule has 14 heavy (non-hydrogen) atoms. The van der Waals surface area contributed by atoms with Crippen molar-refractivity contribution in [2.45, 2.75) is 51.7 Å². The third kappa shape index (κ3) is 2.94. The molecular weight excluding hydrogens is 180 g/mol. The van der Waals surface area contributed by atoms with Crippen molar-refractivity contribution in [3.05, 3.63) is 0 Å². The summed E-state index contributed by atoms with van der Waals surface area (Å²) in [6.07, 6.45) is 1.91. The van der Waals surface area contributed by atoms with E-state index in [1.165, 1.54) is 0 Å². The van der Waals surface area contributed by atoms with Crippen molar-refractivity contribution in [2.24, 2.45) is 0 Å². The Morgan fingerprint density at radius 3 is 2.07 bits per heavy atom. The van der Waals surface area contributed by atoms with E-state index < -0.39 is 0 Å². The molecule has 1 heterocycles. The van der Waals surface area contributed by atoms with Gasteiger partial charge in [0.2, 0.25) is 0 Å². The van der Waals surface area contributed by atoms with Gasteiger partial charge in [-0.05, 0) is 26.7 Å². The van der Waals surface area contributed by atoms with Crippen LogP contribution < -0.4 is 0 Å². The molecule has 1 aliphatic heterocycles. The van der Waals surface area contributed by atoms with Gasteiger partial charge < -0.3 is 14.2 Å². The molecule has 0 amide bonds. The Labute approximate surface area is 86.7 Å². The molecule has 2 atom stereocenters. The highest BCUT2D eigenvalue weighted by atomic mass is 16.7. The van der Waals surface area contributed by atoms with Crippen molar-refractivity contribution in [3.8, 4) is 0 Å². The van der Waals surface area contributed by atoms with Crippen LogP contribution in [0.1, 0.15) is 40.5 Å². The molecule has 0 aromatic rings. The summed E-state index contributed by atoms with van der Waals surface area (Å²) in [6, 6.07) is 0. The van der Waals surface area contributed by atoms with Crippen molar-refractivity contribution in [1.82, 2.24) is 0 Å². The van der Waals surface area contributed by atoms with Crippen LogP contribution in [0.15, 0.2) is 0 Å². The van der Waals surface area contributed by atoms with Gasteiger partial charge in [0.1, 0.15) is 6.79 Å². The molecule has 3 heteroatoms. The lowest BCUT2D eigenvalue weighted by atomic mass is 10.0. The van der Waals surface area contributed by atoms with Crippen LogP contribution in [0, 0.1) is 0 Å². The van der Waals surface area contributed by atoms with Crippen LogP contribution in [0.5, 0.6) is 0 Å². The first-order chi connectivity index (χ1) is 6.54. The predicted octanol–water partition coefficient (Wildman–Crippen LogP) is 2.34. The Bertz CT molecular complexity index is 163. The maximum absolute atomic E-state index is 5.88. The van der Waals surface area contributed by atoms with Gasteiger partial charge in [-0.2, -0.15) is 0 Å². The maximum Gasteiger partial charge on any atom is 0.147 e. The van der Waals surface area contributed by atoms with Crippen LogP contribution in [0.3, 0.4) is 0 Å². The quantitative estimate of drug-likeness (QED) is 0.688. The molecule has 0 N–H and O–H groups in total. The van der Waals surface area contributed by atoms with Crippen LogP contribution in [-0.4, -0.2) is 31.2 Å². The second kappa shape index (κ2) is 4.60. The van der Waals surface area contributed by atoms with E-state index in [0.29, 0.717) is 20.0 Å². The Morgan fingerprint density at radius 1 is 0.929 bits per heavy atom. The van der Waals surface area contributed by atoms with E-state index in [0.717, 1.165) is 12.8 Å². The minimum Gasteiger partial charge on any atom is -0.370 e. The standard InChI is InChI=1S/C11H22O3/c1-5-10(3)7-12-9-14-11(4,6-2)8-13-10/h5-9H2,1-4H3. The summed E-state index contributed by atoms with van der Waals surface area (Å²) in [5.41, 5.74) is -0.350. The van der Waals surface area contributed by atoms with Crippen LogP contribution in [0.4, 0.5) is 0 Å². The molecule has 0 aromatic heterocycles. The Hall–Kier alpha value is -0.120. The normalized spacial score (nSPS) is 40.3. The van der Waals surface area contributed by atoms with Gasteiger partial charge in [-0.3, -0.25) is 0 Å². The number of rotatable bonds is 2. The van der Waals surface area contributed by atoms with Crippen molar-refractivity contribution in [3.63, 3.8) is 0 Å². The monoisotopic (exact) mass is 202 g/mol. The highest BCUT2D eigenvalue weighted by molar-refractivity contribution is 4.79. The van der Waals surface area contributed by atoms with E-state index >= 15 is 0 Å². The van der Waals surface area contributed by atoms with Crippen LogP contribution in [-0.2, 0) is 14.2 Å². The zero-order valence-electron chi connectivity index (χ0n) is 9.76. The number of ether oxygens (including phenoxy) is 3. The fourth-order valence-electron chi connectivity index (χ4n) is 1.26. The fraction of sp³-hybridized carbons (Fsp3) is 1.00. The van der Waals surface area contributed by atoms with Gasteiger partial charge in [0.15, 0.2) is 0 Å². The predicted molar refractivity (Wildman–Crippen MR) is 55.2 cm³/mol. The molecule has 1 fully saturated rings. The highest BCUT2D eigenvalue weighted by Gasteiger charge is 2.32. The maximum atomic E-state index is 5.88. The van der Waals surface area contributed by atoms with E-state index in [2.05, 4.69) is 27.7 Å². The average molecular weight is 202 g/mol. The molecule has 84 valence electrons. The fourth-order valence-corrected chi connectivity index (χ4v) is 1.26. The van der Waals surface area contributed by atoms with Gasteiger partial charge in [0.25, 0.3) is 0 Å². The lowest BCUT2D eigenvalue weighted by Crippen LogP contribution is -2.45. The summed E-state index contributed by atoms with van der Waals surface area (Å²) in [4.78, 5) is 0. The smallest absolute Gasteiger partial charge is 0.147 e. The molecule has 0 bridgehead atoms. The third-order valence-electron chi connectivity index (χ3n) is 3.12. The van der Waals surface area contributed by atoms with Crippen molar-refractivity contribution in [1.29, 1.82) is 0 Å². The zero-order valence-corrected chi connectivity index (χ0v) is 9.76. The SMILES string of the molecule is CCC1(C)COCOC(C)(CC)CO1. The molecule has 0 radical (unpaired) electrons. The summed E-state index contributed by atoms with van der Waals surface area (Å²) in [5.74, 6) is 0. The highest BCUT2D eigenvalue weighted by Crippen LogP contribution is 2.24. The topological polar surface area (TPSA) is 27.7 Å². The molecule has 1 aliphatic rings. The lowest BCUT2D eigenvalue weighted by Gasteiger charge is -2.38. The summed E-state index contributed by atoms with van der Waals surface area (Å²) in [5, 5.41) is 0. The van der Waals surface area contributed by atoms with Crippen LogP contribution in [0.2, 0.25) is 0 Å². The average Bonchev–Trinajstić information content (AvgIpc) is 2.20. The first kappa shape index (κ1) is 12.0. The van der Waals surface area contributed by atoms with Gasteiger partial charge in [-0.25, -0.2) is 0 Å². The van der Waals surface area contributed by atoms with E-state index in [1.54, 1.807) is 0 Å². The molecule has 0 saturated carbocycles. The number of hydrogen-bond donors (Lipinski definition) is 0. The third-order valence-corrected chi connectivity index (χ3v) is 3.12. The van der Waals surface area contributed by atoms with Crippen molar-refractivity contribution < 1.29 is 14.2 Å². The second-order valence-corrected chi connectivity index (χ2v) is 4.51. The summed E-state index contributed by atoms with van der Waals surface area (Å²) < 4.78 is 16.9. The van der Waals surface area contributed by atoms with Crippen molar-refractivity contribution in [2.75, 3.05) is 20.0 Å². The summed E-state index contributed by atoms with van der Waals surface area (Å²) in [6.45, 7) is 10.0. The van der Waals surface area contributed by atoms with Crippen molar-refractivity contribution >= 4 is 0 Å². The Balaban J connectivity index is 2.59. The molecule has 2 unspecified atom stereocenters. The van der Waals surface area contributed by atoms with Gasteiger partial charge in [-0.15, -0.1) is 0 Å². The molecule has 1 rings (SSSR count). The molecule has 0 spiro atoms. The van der Waals surface area contributed by atoms with Crippen LogP contribution in [0.25, 0.3) is 0 Å². The summed E-state index contributed by atoms with van der Waals surface area (Å²) >= 11 is 0. The minimum atomic E-state index is -0.198. The van der Waals surface area contributed by atoms with Gasteiger partial charge in [0.05, 0.1) is 24.4 Å². The first-order valence-corrected chi connectivity index (χ1v) is 5.39. The molecule has 3 nitrogen and oxygen atoms in total.